The number of H-pyrrole nitrogens is 1. The summed E-state index contributed by atoms with van der Waals surface area (Å²) in [5, 5.41) is 11.2. The van der Waals surface area contributed by atoms with E-state index in [9.17, 15) is 5.11 Å². The van der Waals surface area contributed by atoms with Crippen LogP contribution in [0.5, 0.6) is 0 Å². The van der Waals surface area contributed by atoms with Crippen molar-refractivity contribution >= 4 is 16.7 Å². The molecule has 2 fully saturated rings. The third kappa shape index (κ3) is 3.11. The quantitative estimate of drug-likeness (QED) is 0.635. The second-order valence-electron chi connectivity index (χ2n) is 8.71. The maximum absolute atomic E-state index is 10.0. The Kier molecular flexibility index (Phi) is 4.56. The number of hydrogen-bond donors (Lipinski definition) is 3. The lowest BCUT2D eigenvalue weighted by Gasteiger charge is -2.42. The van der Waals surface area contributed by atoms with Crippen molar-refractivity contribution in [2.75, 3.05) is 18.0 Å². The molecule has 1 saturated heterocycles. The van der Waals surface area contributed by atoms with Gasteiger partial charge in [-0.2, -0.15) is 0 Å². The maximum atomic E-state index is 10.0. The van der Waals surface area contributed by atoms with E-state index in [-0.39, 0.29) is 6.61 Å². The van der Waals surface area contributed by atoms with E-state index >= 15 is 0 Å². The molecule has 29 heavy (non-hydrogen) atoms. The van der Waals surface area contributed by atoms with Crippen LogP contribution in [-0.2, 0) is 6.61 Å². The molecule has 6 nitrogen and oxygen atoms in total. The Hall–Kier alpha value is -2.44. The molecule has 4 N–H and O–H groups in total. The van der Waals surface area contributed by atoms with E-state index in [0.29, 0.717) is 17.2 Å². The Bertz CT molecular complexity index is 1030. The van der Waals surface area contributed by atoms with Crippen LogP contribution in [0.25, 0.3) is 22.2 Å². The lowest BCUT2D eigenvalue weighted by Crippen LogP contribution is -2.47. The highest BCUT2D eigenvalue weighted by Crippen LogP contribution is 2.46. The van der Waals surface area contributed by atoms with E-state index in [1.54, 1.807) is 0 Å². The average molecular weight is 392 g/mol. The van der Waals surface area contributed by atoms with E-state index in [4.69, 9.17) is 15.7 Å². The van der Waals surface area contributed by atoms with Gasteiger partial charge in [0, 0.05) is 36.4 Å². The third-order valence-electron chi connectivity index (χ3n) is 7.13. The molecular weight excluding hydrogens is 362 g/mol. The van der Waals surface area contributed by atoms with E-state index in [1.165, 1.54) is 18.2 Å². The molecule has 1 aromatic carbocycles. The maximum Gasteiger partial charge on any atom is 0.153 e. The van der Waals surface area contributed by atoms with E-state index < -0.39 is 0 Å². The second-order valence-corrected chi connectivity index (χ2v) is 8.71. The van der Waals surface area contributed by atoms with E-state index in [1.807, 2.05) is 13.1 Å². The standard InChI is InChI=1S/C23H29N5O/c1-15-21(17-5-4-16-6-10-25-18(16)13-17)27-19(14-29)22(26-15)28-11-8-23(9-12-28)7-2-3-20(23)24/h4-6,10,13,20,25,29H,2-3,7-9,11-12,14,24H2,1H3/t20-/m1/s1. The van der Waals surface area contributed by atoms with E-state index in [2.05, 4.69) is 34.1 Å². The molecule has 1 aliphatic heterocycles. The van der Waals surface area contributed by atoms with Crippen LogP contribution < -0.4 is 10.6 Å². The van der Waals surface area contributed by atoms with Gasteiger partial charge >= 0.3 is 0 Å². The largest absolute Gasteiger partial charge is 0.390 e. The number of hydrogen-bond acceptors (Lipinski definition) is 5. The van der Waals surface area contributed by atoms with Crippen LogP contribution >= 0.6 is 0 Å². The SMILES string of the molecule is Cc1nc(N2CCC3(CCC[C@H]3N)CC2)c(CO)nc1-c1ccc2cc[nH]c2c1. The number of aromatic nitrogens is 3. The molecule has 3 heterocycles. The number of anilines is 1. The minimum atomic E-state index is -0.110. The molecule has 2 aromatic heterocycles. The number of nitrogens with one attached hydrogen (secondary N) is 1. The van der Waals surface area contributed by atoms with Crippen LogP contribution in [0, 0.1) is 12.3 Å². The summed E-state index contributed by atoms with van der Waals surface area (Å²) in [7, 11) is 0. The molecule has 6 heteroatoms. The van der Waals surface area contributed by atoms with Crippen molar-refractivity contribution in [1.82, 2.24) is 15.0 Å². The number of aryl methyl sites for hydroxylation is 1. The molecule has 0 radical (unpaired) electrons. The Morgan fingerprint density at radius 3 is 2.76 bits per heavy atom. The lowest BCUT2D eigenvalue weighted by atomic mass is 9.74. The summed E-state index contributed by atoms with van der Waals surface area (Å²) in [5.41, 5.74) is 11.2. The molecule has 0 amide bonds. The monoisotopic (exact) mass is 391 g/mol. The predicted molar refractivity (Wildman–Crippen MR) is 116 cm³/mol. The van der Waals surface area contributed by atoms with Crippen molar-refractivity contribution in [3.8, 4) is 11.3 Å². The number of fused-ring (bicyclic) bond motifs is 1. The summed E-state index contributed by atoms with van der Waals surface area (Å²) in [6, 6.07) is 8.64. The number of aliphatic hydroxyl groups excluding tert-OH is 1. The van der Waals surface area contributed by atoms with Gasteiger partial charge in [-0.1, -0.05) is 18.6 Å². The summed E-state index contributed by atoms with van der Waals surface area (Å²) in [4.78, 5) is 15.3. The van der Waals surface area contributed by atoms with Gasteiger partial charge in [-0.3, -0.25) is 0 Å². The van der Waals surface area contributed by atoms with Gasteiger partial charge in [0.25, 0.3) is 0 Å². The Labute approximate surface area is 171 Å². The molecule has 1 saturated carbocycles. The van der Waals surface area contributed by atoms with Crippen molar-refractivity contribution in [1.29, 1.82) is 0 Å². The average Bonchev–Trinajstić information content (AvgIpc) is 3.35. The fourth-order valence-corrected chi connectivity index (χ4v) is 5.32. The van der Waals surface area contributed by atoms with Gasteiger partial charge < -0.3 is 20.7 Å². The van der Waals surface area contributed by atoms with Crippen LogP contribution in [0.4, 0.5) is 5.82 Å². The summed E-state index contributed by atoms with van der Waals surface area (Å²) in [6.07, 6.45) is 7.80. The zero-order valence-corrected chi connectivity index (χ0v) is 17.0. The number of piperidine rings is 1. The molecule has 1 aliphatic carbocycles. The highest BCUT2D eigenvalue weighted by atomic mass is 16.3. The molecule has 5 rings (SSSR count). The van der Waals surface area contributed by atoms with Crippen LogP contribution in [0.3, 0.4) is 0 Å². The first-order valence-electron chi connectivity index (χ1n) is 10.7. The van der Waals surface area contributed by atoms with Crippen LogP contribution in [-0.4, -0.2) is 39.2 Å². The van der Waals surface area contributed by atoms with Gasteiger partial charge in [-0.05, 0) is 55.5 Å². The summed E-state index contributed by atoms with van der Waals surface area (Å²) in [6.45, 7) is 3.76. The molecule has 152 valence electrons. The number of aliphatic hydroxyl groups is 1. The van der Waals surface area contributed by atoms with Crippen molar-refractivity contribution in [2.45, 2.75) is 51.7 Å². The minimum absolute atomic E-state index is 0.110. The van der Waals surface area contributed by atoms with Gasteiger partial charge in [0.15, 0.2) is 5.82 Å². The van der Waals surface area contributed by atoms with Gasteiger partial charge in [-0.15, -0.1) is 0 Å². The summed E-state index contributed by atoms with van der Waals surface area (Å²) < 4.78 is 0. The fourth-order valence-electron chi connectivity index (χ4n) is 5.32. The molecular formula is C23H29N5O. The van der Waals surface area contributed by atoms with Crippen molar-refractivity contribution in [3.63, 3.8) is 0 Å². The number of aromatic amines is 1. The van der Waals surface area contributed by atoms with E-state index in [0.717, 1.165) is 60.6 Å². The van der Waals surface area contributed by atoms with Gasteiger partial charge in [0.05, 0.1) is 18.0 Å². The van der Waals surface area contributed by atoms with Crippen molar-refractivity contribution < 1.29 is 5.11 Å². The van der Waals surface area contributed by atoms with Crippen LogP contribution in [0.1, 0.15) is 43.5 Å². The summed E-state index contributed by atoms with van der Waals surface area (Å²) in [5.74, 6) is 0.830. The van der Waals surface area contributed by atoms with Gasteiger partial charge in [-0.25, -0.2) is 9.97 Å². The minimum Gasteiger partial charge on any atom is -0.390 e. The third-order valence-corrected chi connectivity index (χ3v) is 7.13. The number of benzene rings is 1. The zero-order chi connectivity index (χ0) is 20.0. The normalized spacial score (nSPS) is 21.3. The molecule has 3 aromatic rings. The van der Waals surface area contributed by atoms with Crippen LogP contribution in [0.2, 0.25) is 0 Å². The van der Waals surface area contributed by atoms with Gasteiger partial charge in [0.2, 0.25) is 0 Å². The smallest absolute Gasteiger partial charge is 0.153 e. The Balaban J connectivity index is 1.45. The highest BCUT2D eigenvalue weighted by molar-refractivity contribution is 5.84. The Morgan fingerprint density at radius 1 is 1.21 bits per heavy atom. The first-order chi connectivity index (χ1) is 14.1. The molecule has 2 aliphatic rings. The first-order valence-corrected chi connectivity index (χ1v) is 10.7. The molecule has 0 bridgehead atoms. The predicted octanol–water partition coefficient (Wildman–Crippen LogP) is 3.52. The first kappa shape index (κ1) is 18.6. The number of rotatable bonds is 3. The fraction of sp³-hybridized carbons (Fsp3) is 0.478. The Morgan fingerprint density at radius 2 is 2.03 bits per heavy atom. The zero-order valence-electron chi connectivity index (χ0n) is 17.0. The summed E-state index contributed by atoms with van der Waals surface area (Å²) >= 11 is 0. The second kappa shape index (κ2) is 7.11. The molecule has 1 atom stereocenters. The molecule has 0 unspecified atom stereocenters. The lowest BCUT2D eigenvalue weighted by molar-refractivity contribution is 0.196. The highest BCUT2D eigenvalue weighted by Gasteiger charge is 2.43. The topological polar surface area (TPSA) is 91.1 Å². The number of nitrogens with two attached hydrogens (primary N) is 1. The van der Waals surface area contributed by atoms with Crippen molar-refractivity contribution in [2.24, 2.45) is 11.1 Å². The van der Waals surface area contributed by atoms with Crippen LogP contribution in [0.15, 0.2) is 30.5 Å². The van der Waals surface area contributed by atoms with Gasteiger partial charge in [0.1, 0.15) is 5.69 Å². The number of nitrogens with zero attached hydrogens (tertiary/aromatic N) is 3. The van der Waals surface area contributed by atoms with Crippen molar-refractivity contribution in [3.05, 3.63) is 41.9 Å². The molecule has 1 spiro atoms.